The van der Waals surface area contributed by atoms with E-state index in [2.05, 4.69) is 14.7 Å². The Kier molecular flexibility index (Phi) is 5.29. The Labute approximate surface area is 180 Å². The summed E-state index contributed by atoms with van der Waals surface area (Å²) in [5.74, 6) is -2.38. The molecule has 2 N–H and O–H groups in total. The van der Waals surface area contributed by atoms with Crippen molar-refractivity contribution < 1.29 is 27.1 Å². The number of rotatable bonds is 5. The van der Waals surface area contributed by atoms with E-state index in [0.717, 1.165) is 11.0 Å². The number of alkyl halides is 2. The molecule has 0 saturated heterocycles. The summed E-state index contributed by atoms with van der Waals surface area (Å²) >= 11 is 0. The highest BCUT2D eigenvalue weighted by Crippen LogP contribution is 2.41. The first-order valence-electron chi connectivity index (χ1n) is 9.34. The van der Waals surface area contributed by atoms with Crippen molar-refractivity contribution in [3.8, 4) is 16.9 Å². The molecule has 0 radical (unpaired) electrons. The number of aliphatic imine (C=N–C) groups is 1. The van der Waals surface area contributed by atoms with Crippen LogP contribution in [-0.2, 0) is 10.3 Å². The summed E-state index contributed by atoms with van der Waals surface area (Å²) in [6, 6.07) is 11.8. The topological polar surface area (TPSA) is 80.8 Å². The van der Waals surface area contributed by atoms with Crippen molar-refractivity contribution in [2.45, 2.75) is 12.2 Å². The lowest BCUT2D eigenvalue weighted by atomic mass is 9.81. The Bertz CT molecular complexity index is 1220. The van der Waals surface area contributed by atoms with Crippen LogP contribution in [-0.4, -0.2) is 35.4 Å². The average Bonchev–Trinajstić information content (AvgIpc) is 2.99. The van der Waals surface area contributed by atoms with Gasteiger partial charge in [-0.05, 0) is 47.5 Å². The van der Waals surface area contributed by atoms with E-state index in [-0.39, 0.29) is 34.0 Å². The molecule has 0 bridgehead atoms. The molecule has 6 nitrogen and oxygen atoms in total. The van der Waals surface area contributed by atoms with Gasteiger partial charge < -0.3 is 10.5 Å². The molecule has 2 aromatic carbocycles. The summed E-state index contributed by atoms with van der Waals surface area (Å²) in [6.07, 6.45) is 1.23. The van der Waals surface area contributed by atoms with Gasteiger partial charge in [-0.2, -0.15) is 13.2 Å². The Balaban J connectivity index is 1.91. The van der Waals surface area contributed by atoms with Crippen molar-refractivity contribution in [2.24, 2.45) is 10.7 Å². The maximum Gasteiger partial charge on any atom is 0.387 e. The number of nitrogens with zero attached hydrogens (tertiary/aromatic N) is 3. The number of benzene rings is 2. The van der Waals surface area contributed by atoms with Gasteiger partial charge in [0, 0.05) is 24.4 Å². The van der Waals surface area contributed by atoms with Crippen LogP contribution in [0.5, 0.6) is 5.75 Å². The molecule has 1 aromatic heterocycles. The summed E-state index contributed by atoms with van der Waals surface area (Å²) in [4.78, 5) is 22.3. The fourth-order valence-corrected chi connectivity index (χ4v) is 3.61. The number of nitrogens with two attached hydrogens (primary N) is 1. The molecular formula is C22H16F4N4O2. The average molecular weight is 444 g/mol. The molecule has 0 aliphatic carbocycles. The van der Waals surface area contributed by atoms with Crippen LogP contribution in [0.1, 0.15) is 11.1 Å². The standard InChI is InChI=1S/C22H16F4N4O2/c1-30-19(31)22(29-21(30)27,12-4-7-14(8-5-12)32-20(25)26)13-6-9-17(23)16(11-13)15-3-2-10-28-18(15)24/h2-11,20H,1H3,(H2,27,29)/t22-/m1/s1. The maximum atomic E-state index is 14.6. The third kappa shape index (κ3) is 3.43. The second kappa shape index (κ2) is 7.95. The quantitative estimate of drug-likeness (QED) is 0.481. The number of aromatic nitrogens is 1. The molecule has 1 amide bonds. The number of amides is 1. The van der Waals surface area contributed by atoms with Crippen molar-refractivity contribution in [3.05, 3.63) is 83.7 Å². The number of hydrogen-bond acceptors (Lipinski definition) is 5. The van der Waals surface area contributed by atoms with Crippen LogP contribution in [0.4, 0.5) is 17.6 Å². The lowest BCUT2D eigenvalue weighted by Gasteiger charge is -2.27. The number of halogens is 4. The number of ether oxygens (including phenoxy) is 1. The van der Waals surface area contributed by atoms with Gasteiger partial charge in [0.2, 0.25) is 5.95 Å². The zero-order valence-electron chi connectivity index (χ0n) is 16.6. The number of pyridine rings is 1. The number of guanidine groups is 1. The minimum atomic E-state index is -3.02. The van der Waals surface area contributed by atoms with Gasteiger partial charge in [-0.15, -0.1) is 0 Å². The predicted octanol–water partition coefficient (Wildman–Crippen LogP) is 3.66. The lowest BCUT2D eigenvalue weighted by molar-refractivity contribution is -0.129. The zero-order valence-corrected chi connectivity index (χ0v) is 16.6. The van der Waals surface area contributed by atoms with Crippen LogP contribution < -0.4 is 10.5 Å². The second-order valence-electron chi connectivity index (χ2n) is 6.98. The fraction of sp³-hybridized carbons (Fsp3) is 0.136. The first-order valence-corrected chi connectivity index (χ1v) is 9.34. The molecule has 164 valence electrons. The van der Waals surface area contributed by atoms with E-state index in [1.54, 1.807) is 0 Å². The largest absolute Gasteiger partial charge is 0.435 e. The van der Waals surface area contributed by atoms with Gasteiger partial charge in [0.1, 0.15) is 11.6 Å². The molecule has 0 saturated carbocycles. The molecule has 0 fully saturated rings. The minimum Gasteiger partial charge on any atom is -0.435 e. The third-order valence-electron chi connectivity index (χ3n) is 5.17. The van der Waals surface area contributed by atoms with E-state index < -0.39 is 29.8 Å². The van der Waals surface area contributed by atoms with Gasteiger partial charge in [0.05, 0.1) is 0 Å². The Hall–Kier alpha value is -3.95. The Morgan fingerprint density at radius 1 is 1.03 bits per heavy atom. The number of carbonyl (C=O) groups is 1. The molecule has 10 heteroatoms. The van der Waals surface area contributed by atoms with Crippen LogP contribution in [0.25, 0.3) is 11.1 Å². The number of hydrogen-bond donors (Lipinski definition) is 1. The van der Waals surface area contributed by atoms with E-state index in [1.807, 2.05) is 0 Å². The highest BCUT2D eigenvalue weighted by Gasteiger charge is 2.49. The smallest absolute Gasteiger partial charge is 0.387 e. The summed E-state index contributed by atoms with van der Waals surface area (Å²) in [6.45, 7) is -3.02. The highest BCUT2D eigenvalue weighted by atomic mass is 19.3. The maximum absolute atomic E-state index is 14.6. The van der Waals surface area contributed by atoms with Crippen LogP contribution in [0.2, 0.25) is 0 Å². The number of likely N-dealkylation sites (N-methyl/N-ethyl adjacent to an activating group) is 1. The van der Waals surface area contributed by atoms with Gasteiger partial charge in [-0.3, -0.25) is 9.69 Å². The van der Waals surface area contributed by atoms with Gasteiger partial charge >= 0.3 is 6.61 Å². The van der Waals surface area contributed by atoms with E-state index in [4.69, 9.17) is 5.73 Å². The number of carbonyl (C=O) groups excluding carboxylic acids is 1. The van der Waals surface area contributed by atoms with Crippen molar-refractivity contribution in [1.29, 1.82) is 0 Å². The van der Waals surface area contributed by atoms with E-state index in [0.29, 0.717) is 0 Å². The van der Waals surface area contributed by atoms with E-state index in [9.17, 15) is 22.4 Å². The molecule has 4 rings (SSSR count). The summed E-state index contributed by atoms with van der Waals surface area (Å²) in [5.41, 5.74) is 4.43. The van der Waals surface area contributed by atoms with Crippen LogP contribution in [0, 0.1) is 11.8 Å². The first-order chi connectivity index (χ1) is 15.2. The fourth-order valence-electron chi connectivity index (χ4n) is 3.61. The molecule has 3 aromatic rings. The lowest BCUT2D eigenvalue weighted by Crippen LogP contribution is -2.41. The van der Waals surface area contributed by atoms with Crippen molar-refractivity contribution in [1.82, 2.24) is 9.88 Å². The van der Waals surface area contributed by atoms with Gasteiger partial charge in [0.15, 0.2) is 11.5 Å². The molecular weight excluding hydrogens is 428 g/mol. The Morgan fingerprint density at radius 3 is 2.31 bits per heavy atom. The van der Waals surface area contributed by atoms with Crippen molar-refractivity contribution in [2.75, 3.05) is 7.05 Å². The molecule has 0 unspecified atom stereocenters. The molecule has 1 aliphatic heterocycles. The summed E-state index contributed by atoms with van der Waals surface area (Å²) in [5, 5.41) is 0. The SMILES string of the molecule is CN1C(=O)[C@@](c2ccc(OC(F)F)cc2)(c2ccc(F)c(-c3cccnc3F)c2)N=C1N. The molecule has 1 atom stereocenters. The van der Waals surface area contributed by atoms with E-state index in [1.165, 1.54) is 61.8 Å². The van der Waals surface area contributed by atoms with Crippen LogP contribution >= 0.6 is 0 Å². The molecule has 2 heterocycles. The first kappa shape index (κ1) is 21.3. The minimum absolute atomic E-state index is 0.0960. The van der Waals surface area contributed by atoms with Gasteiger partial charge in [-0.25, -0.2) is 14.4 Å². The molecule has 0 spiro atoms. The van der Waals surface area contributed by atoms with E-state index >= 15 is 0 Å². The highest BCUT2D eigenvalue weighted by molar-refractivity contribution is 6.09. The van der Waals surface area contributed by atoms with Gasteiger partial charge in [-0.1, -0.05) is 18.2 Å². The van der Waals surface area contributed by atoms with Crippen molar-refractivity contribution in [3.63, 3.8) is 0 Å². The normalized spacial score (nSPS) is 18.2. The predicted molar refractivity (Wildman–Crippen MR) is 108 cm³/mol. The zero-order chi connectivity index (χ0) is 23.0. The molecule has 32 heavy (non-hydrogen) atoms. The van der Waals surface area contributed by atoms with Crippen molar-refractivity contribution >= 4 is 11.9 Å². The van der Waals surface area contributed by atoms with Crippen LogP contribution in [0.3, 0.4) is 0 Å². The third-order valence-corrected chi connectivity index (χ3v) is 5.17. The van der Waals surface area contributed by atoms with Crippen LogP contribution in [0.15, 0.2) is 65.8 Å². The molecule has 1 aliphatic rings. The van der Waals surface area contributed by atoms with Gasteiger partial charge in [0.25, 0.3) is 5.91 Å². The summed E-state index contributed by atoms with van der Waals surface area (Å²) < 4.78 is 58.3. The summed E-state index contributed by atoms with van der Waals surface area (Å²) in [7, 11) is 1.42. The Morgan fingerprint density at radius 2 is 1.72 bits per heavy atom. The second-order valence-corrected chi connectivity index (χ2v) is 6.98. The monoisotopic (exact) mass is 444 g/mol.